The van der Waals surface area contributed by atoms with Gasteiger partial charge in [-0.2, -0.15) is 0 Å². The minimum absolute atomic E-state index is 0.197. The number of ether oxygens (including phenoxy) is 1. The lowest BCUT2D eigenvalue weighted by Crippen LogP contribution is -2.15. The lowest BCUT2D eigenvalue weighted by atomic mass is 10.1. The molecule has 0 saturated heterocycles. The maximum Gasteiger partial charge on any atom is 0.306 e. The molecule has 0 bridgehead atoms. The molecule has 4 rings (SSSR count). The average Bonchev–Trinajstić information content (AvgIpc) is 3.31. The highest BCUT2D eigenvalue weighted by Gasteiger charge is 2.18. The fourth-order valence-electron chi connectivity index (χ4n) is 3.90. The maximum absolute atomic E-state index is 12.7. The molecule has 0 unspecified atom stereocenters. The van der Waals surface area contributed by atoms with E-state index in [0.717, 1.165) is 38.0 Å². The number of carbonyl (C=O) groups is 2. The van der Waals surface area contributed by atoms with Crippen LogP contribution in [0.5, 0.6) is 0 Å². The van der Waals surface area contributed by atoms with Crippen LogP contribution in [0.1, 0.15) is 33.7 Å². The van der Waals surface area contributed by atoms with Crippen molar-refractivity contribution >= 4 is 38.6 Å². The second kappa shape index (κ2) is 8.94. The standard InChI is InChI=1S/C25H23BrN2O3/c1-16-13-22(17(2)28(16)20-10-8-19(26)9-11-20)24(29)15-31-25(30)12-7-18-14-27-23-6-4-3-5-21(18)23/h3-6,8-11,13-14,27H,7,12,15H2,1-2H3. The molecule has 4 aromatic rings. The number of aryl methyl sites for hydroxylation is 2. The number of nitrogens with zero attached hydrogens (tertiary/aromatic N) is 1. The van der Waals surface area contributed by atoms with E-state index in [0.29, 0.717) is 12.0 Å². The van der Waals surface area contributed by atoms with Crippen molar-refractivity contribution in [2.45, 2.75) is 26.7 Å². The van der Waals surface area contributed by atoms with Crippen LogP contribution < -0.4 is 0 Å². The van der Waals surface area contributed by atoms with Crippen molar-refractivity contribution < 1.29 is 14.3 Å². The van der Waals surface area contributed by atoms with Crippen LogP contribution in [0.25, 0.3) is 16.6 Å². The molecule has 2 aromatic carbocycles. The molecular weight excluding hydrogens is 456 g/mol. The number of fused-ring (bicyclic) bond motifs is 1. The van der Waals surface area contributed by atoms with E-state index in [1.807, 2.05) is 79.2 Å². The van der Waals surface area contributed by atoms with Crippen LogP contribution in [0.3, 0.4) is 0 Å². The van der Waals surface area contributed by atoms with Crippen LogP contribution in [0, 0.1) is 13.8 Å². The third-order valence-electron chi connectivity index (χ3n) is 5.45. The van der Waals surface area contributed by atoms with Gasteiger partial charge >= 0.3 is 5.97 Å². The zero-order valence-corrected chi connectivity index (χ0v) is 19.0. The SMILES string of the molecule is Cc1cc(C(=O)COC(=O)CCc2c[nH]c3ccccc23)c(C)n1-c1ccc(Br)cc1. The number of rotatable bonds is 7. The first-order valence-electron chi connectivity index (χ1n) is 10.1. The Bertz CT molecular complexity index is 1250. The number of halogens is 1. The summed E-state index contributed by atoms with van der Waals surface area (Å²) in [4.78, 5) is 28.2. The number of benzene rings is 2. The van der Waals surface area contributed by atoms with Crippen molar-refractivity contribution in [3.63, 3.8) is 0 Å². The Morgan fingerprint density at radius 2 is 1.81 bits per heavy atom. The van der Waals surface area contributed by atoms with Crippen LogP contribution >= 0.6 is 15.9 Å². The third-order valence-corrected chi connectivity index (χ3v) is 5.98. The normalized spacial score (nSPS) is 11.1. The summed E-state index contributed by atoms with van der Waals surface area (Å²) in [7, 11) is 0. The number of Topliss-reactive ketones (excluding diaryl/α,β-unsaturated/α-hetero) is 1. The molecule has 0 aliphatic carbocycles. The quantitative estimate of drug-likeness (QED) is 0.273. The predicted octanol–water partition coefficient (Wildman–Crippen LogP) is 5.70. The number of para-hydroxylation sites is 1. The van der Waals surface area contributed by atoms with Gasteiger partial charge in [0.2, 0.25) is 5.78 Å². The van der Waals surface area contributed by atoms with Crippen LogP contribution in [-0.2, 0) is 16.0 Å². The van der Waals surface area contributed by atoms with Gasteiger partial charge < -0.3 is 14.3 Å². The summed E-state index contributed by atoms with van der Waals surface area (Å²) in [5.41, 5.74) is 5.45. The van der Waals surface area contributed by atoms with Crippen molar-refractivity contribution in [3.8, 4) is 5.69 Å². The van der Waals surface area contributed by atoms with E-state index in [-0.39, 0.29) is 24.8 Å². The van der Waals surface area contributed by atoms with E-state index < -0.39 is 0 Å². The Hall–Kier alpha value is -3.12. The van der Waals surface area contributed by atoms with Crippen molar-refractivity contribution in [2.24, 2.45) is 0 Å². The lowest BCUT2D eigenvalue weighted by Gasteiger charge is -2.10. The summed E-state index contributed by atoms with van der Waals surface area (Å²) in [6.45, 7) is 3.61. The van der Waals surface area contributed by atoms with Crippen LogP contribution in [0.15, 0.2) is 65.3 Å². The summed E-state index contributed by atoms with van der Waals surface area (Å²) < 4.78 is 8.30. The molecule has 2 aromatic heterocycles. The van der Waals surface area contributed by atoms with Crippen molar-refractivity contribution in [1.29, 1.82) is 0 Å². The molecule has 0 saturated carbocycles. The van der Waals surface area contributed by atoms with E-state index in [4.69, 9.17) is 4.74 Å². The van der Waals surface area contributed by atoms with E-state index in [1.54, 1.807) is 0 Å². The molecule has 1 N–H and O–H groups in total. The average molecular weight is 479 g/mol. The number of ketones is 1. The van der Waals surface area contributed by atoms with Crippen LogP contribution in [-0.4, -0.2) is 27.9 Å². The number of aromatic amines is 1. The number of H-pyrrole nitrogens is 1. The molecule has 0 atom stereocenters. The summed E-state index contributed by atoms with van der Waals surface area (Å²) in [5.74, 6) is -0.572. The highest BCUT2D eigenvalue weighted by molar-refractivity contribution is 9.10. The number of hydrogen-bond acceptors (Lipinski definition) is 3. The Kier molecular flexibility index (Phi) is 6.09. The first-order valence-corrected chi connectivity index (χ1v) is 10.9. The summed E-state index contributed by atoms with van der Waals surface area (Å²) >= 11 is 3.44. The number of esters is 1. The smallest absolute Gasteiger partial charge is 0.306 e. The molecule has 0 fully saturated rings. The van der Waals surface area contributed by atoms with Gasteiger partial charge in [0, 0.05) is 50.6 Å². The Morgan fingerprint density at radius 3 is 2.58 bits per heavy atom. The topological polar surface area (TPSA) is 64.1 Å². The number of carbonyl (C=O) groups excluding carboxylic acids is 2. The molecule has 0 radical (unpaired) electrons. The molecule has 31 heavy (non-hydrogen) atoms. The number of aromatic nitrogens is 2. The molecule has 0 spiro atoms. The molecule has 0 aliphatic rings. The molecule has 5 nitrogen and oxygen atoms in total. The van der Waals surface area contributed by atoms with Crippen molar-refractivity contribution in [3.05, 3.63) is 87.8 Å². The minimum Gasteiger partial charge on any atom is -0.457 e. The monoisotopic (exact) mass is 478 g/mol. The van der Waals surface area contributed by atoms with Gasteiger partial charge in [-0.05, 0) is 62.2 Å². The summed E-state index contributed by atoms with van der Waals surface area (Å²) in [5, 5.41) is 1.10. The van der Waals surface area contributed by atoms with Gasteiger partial charge in [-0.25, -0.2) is 0 Å². The fourth-order valence-corrected chi connectivity index (χ4v) is 4.17. The van der Waals surface area contributed by atoms with Gasteiger partial charge in [0.15, 0.2) is 6.61 Å². The second-order valence-electron chi connectivity index (χ2n) is 7.54. The van der Waals surface area contributed by atoms with E-state index in [9.17, 15) is 9.59 Å². The van der Waals surface area contributed by atoms with Gasteiger partial charge in [-0.1, -0.05) is 34.1 Å². The van der Waals surface area contributed by atoms with Gasteiger partial charge in [0.05, 0.1) is 0 Å². The highest BCUT2D eigenvalue weighted by atomic mass is 79.9. The third kappa shape index (κ3) is 4.49. The molecular formula is C25H23BrN2O3. The van der Waals surface area contributed by atoms with E-state index in [2.05, 4.69) is 20.9 Å². The first kappa shape index (κ1) is 21.1. The molecule has 158 valence electrons. The molecule has 0 amide bonds. The summed E-state index contributed by atoms with van der Waals surface area (Å²) in [6.07, 6.45) is 2.71. The maximum atomic E-state index is 12.7. The van der Waals surface area contributed by atoms with E-state index >= 15 is 0 Å². The van der Waals surface area contributed by atoms with Crippen molar-refractivity contribution in [2.75, 3.05) is 6.61 Å². The largest absolute Gasteiger partial charge is 0.457 e. The Labute approximate surface area is 189 Å². The fraction of sp³-hybridized carbons (Fsp3) is 0.200. The van der Waals surface area contributed by atoms with E-state index in [1.165, 1.54) is 0 Å². The molecule has 0 aliphatic heterocycles. The zero-order valence-electron chi connectivity index (χ0n) is 17.4. The second-order valence-corrected chi connectivity index (χ2v) is 8.46. The van der Waals surface area contributed by atoms with Crippen molar-refractivity contribution in [1.82, 2.24) is 9.55 Å². The first-order chi connectivity index (χ1) is 14.9. The van der Waals surface area contributed by atoms with Gasteiger partial charge in [-0.15, -0.1) is 0 Å². The van der Waals surface area contributed by atoms with Gasteiger partial charge in [-0.3, -0.25) is 9.59 Å². The Morgan fingerprint density at radius 1 is 1.06 bits per heavy atom. The Balaban J connectivity index is 1.38. The minimum atomic E-state index is -0.375. The van der Waals surface area contributed by atoms with Crippen LogP contribution in [0.4, 0.5) is 0 Å². The molecule has 2 heterocycles. The van der Waals surface area contributed by atoms with Gasteiger partial charge in [0.25, 0.3) is 0 Å². The molecule has 6 heteroatoms. The lowest BCUT2D eigenvalue weighted by molar-refractivity contribution is -0.142. The summed E-state index contributed by atoms with van der Waals surface area (Å²) in [6, 6.07) is 17.7. The van der Waals surface area contributed by atoms with Crippen LogP contribution in [0.2, 0.25) is 0 Å². The highest BCUT2D eigenvalue weighted by Crippen LogP contribution is 2.23. The predicted molar refractivity (Wildman–Crippen MR) is 125 cm³/mol. The number of nitrogens with one attached hydrogen (secondary N) is 1. The number of hydrogen-bond donors (Lipinski definition) is 1. The zero-order chi connectivity index (χ0) is 22.0. The van der Waals surface area contributed by atoms with Gasteiger partial charge in [0.1, 0.15) is 0 Å².